The number of fused-ring (bicyclic) bond motifs is 1. The lowest BCUT2D eigenvalue weighted by molar-refractivity contribution is -0.131. The molecule has 2 aromatic rings. The van der Waals surface area contributed by atoms with E-state index in [1.165, 1.54) is 0 Å². The van der Waals surface area contributed by atoms with E-state index in [0.717, 1.165) is 21.2 Å². The number of carbonyl (C=O) groups excluding carboxylic acids is 3. The summed E-state index contributed by atoms with van der Waals surface area (Å²) >= 11 is 0. The molecule has 0 saturated carbocycles. The molecule has 0 N–H and O–H groups in total. The Morgan fingerprint density at radius 2 is 1.92 bits per heavy atom. The van der Waals surface area contributed by atoms with Crippen LogP contribution in [0.1, 0.15) is 12.0 Å². The van der Waals surface area contributed by atoms with Gasteiger partial charge in [0.05, 0.1) is 12.5 Å². The van der Waals surface area contributed by atoms with Crippen LogP contribution in [0.25, 0.3) is 10.8 Å². The molecule has 0 bridgehead atoms. The van der Waals surface area contributed by atoms with Crippen molar-refractivity contribution in [2.45, 2.75) is 18.9 Å². The van der Waals surface area contributed by atoms with Gasteiger partial charge in [0.1, 0.15) is 0 Å². The normalized spacial score (nSPS) is 20.4. The molecule has 3 amide bonds. The van der Waals surface area contributed by atoms with Crippen LogP contribution in [0, 0.1) is 0 Å². The zero-order valence-electron chi connectivity index (χ0n) is 13.7. The highest BCUT2D eigenvalue weighted by molar-refractivity contribution is 5.98. The van der Waals surface area contributed by atoms with Gasteiger partial charge in [0.15, 0.2) is 6.61 Å². The van der Waals surface area contributed by atoms with E-state index in [-0.39, 0.29) is 24.5 Å². The van der Waals surface area contributed by atoms with E-state index in [0.29, 0.717) is 25.9 Å². The summed E-state index contributed by atoms with van der Waals surface area (Å²) < 4.78 is 4.76. The van der Waals surface area contributed by atoms with Crippen molar-refractivity contribution in [1.29, 1.82) is 0 Å². The molecule has 2 heterocycles. The number of amides is 3. The molecule has 128 valence electrons. The highest BCUT2D eigenvalue weighted by Gasteiger charge is 2.41. The van der Waals surface area contributed by atoms with Gasteiger partial charge in [-0.2, -0.15) is 0 Å². The maximum atomic E-state index is 12.7. The summed E-state index contributed by atoms with van der Waals surface area (Å²) in [6, 6.07) is 13.7. The van der Waals surface area contributed by atoms with Crippen LogP contribution in [-0.4, -0.2) is 53.4 Å². The monoisotopic (exact) mass is 338 g/mol. The SMILES string of the molecule is O=C(Cc1cccc2ccccc12)N1CC[C@@H](N2C(=O)COC2=O)C1. The Hall–Kier alpha value is -2.89. The van der Waals surface area contributed by atoms with E-state index in [2.05, 4.69) is 0 Å². The van der Waals surface area contributed by atoms with Crippen molar-refractivity contribution in [3.63, 3.8) is 0 Å². The summed E-state index contributed by atoms with van der Waals surface area (Å²) in [5, 5.41) is 2.19. The molecule has 2 saturated heterocycles. The smallest absolute Gasteiger partial charge is 0.417 e. The summed E-state index contributed by atoms with van der Waals surface area (Å²) in [6.07, 6.45) is 0.313. The van der Waals surface area contributed by atoms with E-state index < -0.39 is 6.09 Å². The fourth-order valence-corrected chi connectivity index (χ4v) is 3.62. The zero-order chi connectivity index (χ0) is 17.4. The number of likely N-dealkylation sites (tertiary alicyclic amines) is 1. The van der Waals surface area contributed by atoms with Crippen molar-refractivity contribution < 1.29 is 19.1 Å². The third-order valence-electron chi connectivity index (χ3n) is 4.89. The second-order valence-electron chi connectivity index (χ2n) is 6.42. The third-order valence-corrected chi connectivity index (χ3v) is 4.89. The number of rotatable bonds is 3. The second kappa shape index (κ2) is 6.20. The fourth-order valence-electron chi connectivity index (χ4n) is 3.62. The van der Waals surface area contributed by atoms with Crippen LogP contribution in [0.4, 0.5) is 4.79 Å². The van der Waals surface area contributed by atoms with Crippen LogP contribution in [-0.2, 0) is 20.7 Å². The van der Waals surface area contributed by atoms with E-state index in [1.54, 1.807) is 4.90 Å². The topological polar surface area (TPSA) is 66.9 Å². The van der Waals surface area contributed by atoms with Crippen molar-refractivity contribution in [2.24, 2.45) is 0 Å². The van der Waals surface area contributed by atoms with Crippen LogP contribution in [0.5, 0.6) is 0 Å². The molecule has 2 fully saturated rings. The Morgan fingerprint density at radius 3 is 2.72 bits per heavy atom. The molecule has 6 nitrogen and oxygen atoms in total. The predicted octanol–water partition coefficient (Wildman–Crippen LogP) is 1.96. The average Bonchev–Trinajstić information content (AvgIpc) is 3.22. The van der Waals surface area contributed by atoms with Gasteiger partial charge in [-0.05, 0) is 22.8 Å². The third kappa shape index (κ3) is 2.84. The number of benzene rings is 2. The largest absolute Gasteiger partial charge is 0.439 e. The Bertz CT molecular complexity index is 842. The van der Waals surface area contributed by atoms with Gasteiger partial charge in [-0.25, -0.2) is 9.69 Å². The number of ether oxygens (including phenoxy) is 1. The number of hydrogen-bond acceptors (Lipinski definition) is 4. The number of carbonyl (C=O) groups is 3. The van der Waals surface area contributed by atoms with Crippen LogP contribution < -0.4 is 0 Å². The molecule has 0 aliphatic carbocycles. The molecular weight excluding hydrogens is 320 g/mol. The average molecular weight is 338 g/mol. The highest BCUT2D eigenvalue weighted by Crippen LogP contribution is 2.23. The van der Waals surface area contributed by atoms with E-state index in [4.69, 9.17) is 4.74 Å². The van der Waals surface area contributed by atoms with Crippen LogP contribution in [0.2, 0.25) is 0 Å². The molecule has 0 spiro atoms. The summed E-state index contributed by atoms with van der Waals surface area (Å²) in [5.74, 6) is -0.308. The summed E-state index contributed by atoms with van der Waals surface area (Å²) in [4.78, 5) is 39.0. The Labute approximate surface area is 145 Å². The number of imide groups is 1. The molecule has 0 unspecified atom stereocenters. The Morgan fingerprint density at radius 1 is 1.12 bits per heavy atom. The quantitative estimate of drug-likeness (QED) is 0.858. The van der Waals surface area contributed by atoms with Gasteiger partial charge in [0.25, 0.3) is 5.91 Å². The first-order valence-corrected chi connectivity index (χ1v) is 8.37. The lowest BCUT2D eigenvalue weighted by Crippen LogP contribution is -2.42. The van der Waals surface area contributed by atoms with Crippen molar-refractivity contribution in [2.75, 3.05) is 19.7 Å². The van der Waals surface area contributed by atoms with Crippen LogP contribution >= 0.6 is 0 Å². The first-order valence-electron chi connectivity index (χ1n) is 8.37. The molecular formula is C19H18N2O4. The number of cyclic esters (lactones) is 1. The maximum absolute atomic E-state index is 12.7. The van der Waals surface area contributed by atoms with E-state index in [9.17, 15) is 14.4 Å². The summed E-state index contributed by atoms with van der Waals surface area (Å²) in [5.41, 5.74) is 0.989. The first kappa shape index (κ1) is 15.6. The molecule has 2 aliphatic rings. The Balaban J connectivity index is 1.47. The maximum Gasteiger partial charge on any atom is 0.417 e. The molecule has 1 atom stereocenters. The molecule has 4 rings (SSSR count). The lowest BCUT2D eigenvalue weighted by Gasteiger charge is -2.20. The van der Waals surface area contributed by atoms with Gasteiger partial charge in [-0.15, -0.1) is 0 Å². The predicted molar refractivity (Wildman–Crippen MR) is 90.8 cm³/mol. The highest BCUT2D eigenvalue weighted by atomic mass is 16.6. The molecule has 2 aromatic carbocycles. The van der Waals surface area contributed by atoms with E-state index >= 15 is 0 Å². The summed E-state index contributed by atoms with van der Waals surface area (Å²) in [7, 11) is 0. The molecule has 0 radical (unpaired) electrons. The zero-order valence-corrected chi connectivity index (χ0v) is 13.7. The standard InChI is InChI=1S/C19H18N2O4/c22-17(10-14-6-3-5-13-4-1-2-7-16(13)14)20-9-8-15(11-20)21-18(23)12-25-19(21)24/h1-7,15H,8-12H2/t15-/m1/s1. The second-order valence-corrected chi connectivity index (χ2v) is 6.42. The van der Waals surface area contributed by atoms with Crippen molar-refractivity contribution in [1.82, 2.24) is 9.80 Å². The van der Waals surface area contributed by atoms with Gasteiger partial charge in [-0.1, -0.05) is 42.5 Å². The van der Waals surface area contributed by atoms with Gasteiger partial charge < -0.3 is 9.64 Å². The van der Waals surface area contributed by atoms with Gasteiger partial charge in [-0.3, -0.25) is 9.59 Å². The van der Waals surface area contributed by atoms with E-state index in [1.807, 2.05) is 42.5 Å². The fraction of sp³-hybridized carbons (Fsp3) is 0.316. The Kier molecular flexibility index (Phi) is 3.87. The molecule has 6 heteroatoms. The van der Waals surface area contributed by atoms with Crippen LogP contribution in [0.3, 0.4) is 0 Å². The minimum absolute atomic E-state index is 0.0128. The number of hydrogen-bond donors (Lipinski definition) is 0. The van der Waals surface area contributed by atoms with Gasteiger partial charge >= 0.3 is 6.09 Å². The first-order chi connectivity index (χ1) is 12.1. The van der Waals surface area contributed by atoms with Crippen LogP contribution in [0.15, 0.2) is 42.5 Å². The van der Waals surface area contributed by atoms with Crippen molar-refractivity contribution >= 4 is 28.7 Å². The van der Waals surface area contributed by atoms with Crippen molar-refractivity contribution in [3.05, 3.63) is 48.0 Å². The van der Waals surface area contributed by atoms with Gasteiger partial charge in [0.2, 0.25) is 5.91 Å². The van der Waals surface area contributed by atoms with Crippen molar-refractivity contribution in [3.8, 4) is 0 Å². The minimum Gasteiger partial charge on any atom is -0.439 e. The summed E-state index contributed by atoms with van der Waals surface area (Å²) in [6.45, 7) is 0.731. The van der Waals surface area contributed by atoms with Gasteiger partial charge in [0, 0.05) is 13.1 Å². The molecule has 0 aromatic heterocycles. The lowest BCUT2D eigenvalue weighted by atomic mass is 10.0. The number of nitrogens with zero attached hydrogens (tertiary/aromatic N) is 2. The minimum atomic E-state index is -0.599. The molecule has 25 heavy (non-hydrogen) atoms. The molecule has 2 aliphatic heterocycles.